The Kier molecular flexibility index (Phi) is 8.60. The number of rotatable bonds is 5. The zero-order valence-electron chi connectivity index (χ0n) is 15.4. The van der Waals surface area contributed by atoms with Crippen molar-refractivity contribution in [1.82, 2.24) is 0 Å². The number of alkyl halides is 9. The number of Topliss-reactive ketones (excluding diaryl/α,β-unsaturated/α-hetero) is 1. The fourth-order valence-corrected chi connectivity index (χ4v) is 4.74. The maximum atomic E-state index is 12.2. The molecule has 0 radical (unpaired) electrons. The first-order valence-corrected chi connectivity index (χ1v) is 11.0. The third kappa shape index (κ3) is 6.39. The Bertz CT molecular complexity index is 676. The third-order valence-corrected chi connectivity index (χ3v) is 7.00. The Balaban J connectivity index is 0.000000571. The van der Waals surface area contributed by atoms with Gasteiger partial charge in [-0.1, -0.05) is 20.8 Å². The summed E-state index contributed by atoms with van der Waals surface area (Å²) in [5, 5.41) is -7.11. The molecule has 0 saturated carbocycles. The van der Waals surface area contributed by atoms with E-state index in [0.717, 1.165) is 5.75 Å². The van der Waals surface area contributed by atoms with Gasteiger partial charge in [-0.25, -0.2) is 8.42 Å². The second-order valence-electron chi connectivity index (χ2n) is 7.16. The first-order chi connectivity index (χ1) is 12.5. The van der Waals surface area contributed by atoms with Crippen molar-refractivity contribution in [1.29, 1.82) is 0 Å². The van der Waals surface area contributed by atoms with E-state index in [4.69, 9.17) is 0 Å². The Labute approximate surface area is 164 Å². The number of carbonyl (C=O) groups is 1. The molecule has 15 heteroatoms. The lowest BCUT2D eigenvalue weighted by Gasteiger charge is -2.34. The van der Waals surface area contributed by atoms with Gasteiger partial charge in [-0.15, -0.1) is 0 Å². The van der Waals surface area contributed by atoms with Crippen LogP contribution in [-0.4, -0.2) is 59.3 Å². The maximum Gasteiger partial charge on any atom is 0.460 e. The molecule has 0 spiro atoms. The molecule has 1 heterocycles. The average molecular weight is 486 g/mol. The Morgan fingerprint density at radius 3 is 1.52 bits per heavy atom. The van der Waals surface area contributed by atoms with E-state index in [2.05, 4.69) is 0 Å². The molecule has 0 N–H and O–H groups in total. The zero-order chi connectivity index (χ0) is 23.7. The fourth-order valence-electron chi connectivity index (χ4n) is 1.78. The molecule has 1 fully saturated rings. The third-order valence-electron chi connectivity index (χ3n) is 3.72. The van der Waals surface area contributed by atoms with Gasteiger partial charge in [0, 0.05) is 5.41 Å². The van der Waals surface area contributed by atoms with Crippen molar-refractivity contribution in [3.63, 3.8) is 0 Å². The Morgan fingerprint density at radius 1 is 0.862 bits per heavy atom. The van der Waals surface area contributed by atoms with Gasteiger partial charge in [0.1, 0.15) is 11.5 Å². The molecule has 29 heavy (non-hydrogen) atoms. The van der Waals surface area contributed by atoms with Crippen LogP contribution < -0.4 is 0 Å². The molecule has 0 bridgehead atoms. The van der Waals surface area contributed by atoms with Crippen LogP contribution >= 0.6 is 0 Å². The molecular weight excluding hydrogens is 467 g/mol. The molecule has 0 aromatic heterocycles. The second kappa shape index (κ2) is 8.81. The topological polar surface area (TPSA) is 74.3 Å². The molecule has 174 valence electrons. The van der Waals surface area contributed by atoms with E-state index in [9.17, 15) is 57.3 Å². The van der Waals surface area contributed by atoms with Crippen LogP contribution in [0.25, 0.3) is 0 Å². The van der Waals surface area contributed by atoms with Crippen molar-refractivity contribution in [2.45, 2.75) is 56.9 Å². The Morgan fingerprint density at radius 2 is 1.24 bits per heavy atom. The lowest BCUT2D eigenvalue weighted by molar-refractivity contribution is -0.382. The summed E-state index contributed by atoms with van der Waals surface area (Å²) in [7, 11) is -6.97. The van der Waals surface area contributed by atoms with Gasteiger partial charge in [0.25, 0.3) is 0 Å². The van der Waals surface area contributed by atoms with Crippen molar-refractivity contribution in [2.75, 3.05) is 17.3 Å². The summed E-state index contributed by atoms with van der Waals surface area (Å²) in [4.78, 5) is 11.6. The summed E-state index contributed by atoms with van der Waals surface area (Å²) in [5.41, 5.74) is -0.115. The van der Waals surface area contributed by atoms with E-state index in [0.29, 0.717) is 16.7 Å². The van der Waals surface area contributed by atoms with E-state index in [1.54, 1.807) is 0 Å². The van der Waals surface area contributed by atoms with E-state index >= 15 is 0 Å². The molecule has 4 nitrogen and oxygen atoms in total. The molecular formula is C14H19F9O4S2. The predicted octanol–water partition coefficient (Wildman–Crippen LogP) is 3.97. The summed E-state index contributed by atoms with van der Waals surface area (Å²) < 4.78 is 135. The predicted molar refractivity (Wildman–Crippen MR) is 86.3 cm³/mol. The van der Waals surface area contributed by atoms with Gasteiger partial charge in [0.15, 0.2) is 21.7 Å². The van der Waals surface area contributed by atoms with E-state index in [1.807, 2.05) is 20.8 Å². The number of hydrogen-bond acceptors (Lipinski definition) is 4. The lowest BCUT2D eigenvalue weighted by Crippen LogP contribution is -2.63. The normalized spacial score (nSPS) is 17.7. The van der Waals surface area contributed by atoms with E-state index in [-0.39, 0.29) is 5.41 Å². The minimum absolute atomic E-state index is 0.115. The van der Waals surface area contributed by atoms with Crippen molar-refractivity contribution in [3.8, 4) is 0 Å². The molecule has 0 unspecified atom stereocenters. The molecule has 1 aliphatic rings. The van der Waals surface area contributed by atoms with Gasteiger partial charge in [-0.2, -0.15) is 39.5 Å². The van der Waals surface area contributed by atoms with E-state index < -0.39 is 33.4 Å². The monoisotopic (exact) mass is 486 g/mol. The first kappa shape index (κ1) is 28.3. The molecule has 0 aromatic rings. The van der Waals surface area contributed by atoms with Crippen molar-refractivity contribution in [2.24, 2.45) is 5.41 Å². The zero-order valence-corrected chi connectivity index (χ0v) is 17.0. The molecule has 0 aliphatic carbocycles. The van der Waals surface area contributed by atoms with Crippen LogP contribution in [0.1, 0.15) is 33.6 Å². The van der Waals surface area contributed by atoms with Crippen molar-refractivity contribution >= 4 is 26.8 Å². The van der Waals surface area contributed by atoms with Crippen LogP contribution in [0.2, 0.25) is 0 Å². The number of hydrogen-bond donors (Lipinski definition) is 0. The number of halogens is 9. The van der Waals surface area contributed by atoms with Crippen LogP contribution in [0.4, 0.5) is 39.5 Å². The highest BCUT2D eigenvalue weighted by molar-refractivity contribution is 7.97. The second-order valence-corrected chi connectivity index (χ2v) is 10.9. The Hall–Kier alpha value is -0.700. The molecule has 1 rings (SSSR count). The quantitative estimate of drug-likeness (QED) is 0.335. The average Bonchev–Trinajstić information content (AvgIpc) is 2.97. The van der Waals surface area contributed by atoms with Gasteiger partial charge in [-0.05, 0) is 23.7 Å². The minimum atomic E-state index is -7.43. The van der Waals surface area contributed by atoms with Gasteiger partial charge in [0.2, 0.25) is 0 Å². The van der Waals surface area contributed by atoms with Gasteiger partial charge in [-0.3, -0.25) is 4.79 Å². The molecule has 0 atom stereocenters. The van der Waals surface area contributed by atoms with Crippen LogP contribution in [0, 0.1) is 5.41 Å². The molecule has 0 aromatic carbocycles. The summed E-state index contributed by atoms with van der Waals surface area (Å²) in [6.07, 6.45) is -4.47. The van der Waals surface area contributed by atoms with Gasteiger partial charge >= 0.3 is 23.3 Å². The van der Waals surface area contributed by atoms with Crippen molar-refractivity contribution in [3.05, 3.63) is 0 Å². The maximum absolute atomic E-state index is 12.2. The SMILES string of the molecule is CC(C)(C)C(=O)C[S+]1CCCC1.O=S(=O)([O-])C(F)(F)C(F)(F)C(F)(F)C(F)(F)F. The smallest absolute Gasteiger partial charge is 0.460 e. The van der Waals surface area contributed by atoms with Crippen LogP contribution in [0.5, 0.6) is 0 Å². The van der Waals surface area contributed by atoms with Crippen LogP contribution in [0.15, 0.2) is 0 Å². The largest absolute Gasteiger partial charge is 0.743 e. The van der Waals surface area contributed by atoms with Crippen molar-refractivity contribution < 1.29 is 57.3 Å². The number of ketones is 1. The highest BCUT2D eigenvalue weighted by Gasteiger charge is 2.83. The molecule has 1 aliphatic heterocycles. The summed E-state index contributed by atoms with van der Waals surface area (Å²) in [6, 6.07) is 0. The molecule has 1 saturated heterocycles. The fraction of sp³-hybridized carbons (Fsp3) is 0.929. The van der Waals surface area contributed by atoms with Crippen LogP contribution in [0.3, 0.4) is 0 Å². The van der Waals surface area contributed by atoms with Gasteiger partial charge < -0.3 is 4.55 Å². The standard InChI is InChI=1S/C10H19OS.C4HF9O3S/c1-10(2,3)9(11)8-12-6-4-5-7-12;5-1(6,3(9,10)11)2(7,8)4(12,13)17(14,15)16/h4-8H2,1-3H3;(H,14,15,16)/q+1;/p-1. The summed E-state index contributed by atoms with van der Waals surface area (Å²) >= 11 is 0. The highest BCUT2D eigenvalue weighted by atomic mass is 32.2. The summed E-state index contributed by atoms with van der Waals surface area (Å²) in [6.45, 7) is 6.07. The lowest BCUT2D eigenvalue weighted by atomic mass is 9.92. The molecule has 0 amide bonds. The summed E-state index contributed by atoms with van der Waals surface area (Å²) in [5.74, 6) is -10.9. The van der Waals surface area contributed by atoms with Gasteiger partial charge in [0.05, 0.1) is 0 Å². The van der Waals surface area contributed by atoms with E-state index in [1.165, 1.54) is 24.3 Å². The minimum Gasteiger partial charge on any atom is -0.743 e. The highest BCUT2D eigenvalue weighted by Crippen LogP contribution is 2.54. The first-order valence-electron chi connectivity index (χ1n) is 7.83. The number of carbonyl (C=O) groups excluding carboxylic acids is 1. The van der Waals surface area contributed by atoms with Crippen LogP contribution in [-0.2, 0) is 25.8 Å².